The summed E-state index contributed by atoms with van der Waals surface area (Å²) in [5, 5.41) is 31.2. The van der Waals surface area contributed by atoms with Gasteiger partial charge in [-0.25, -0.2) is 14.8 Å². The third-order valence-electron chi connectivity index (χ3n) is 4.87. The van der Waals surface area contributed by atoms with Gasteiger partial charge < -0.3 is 37.4 Å². The number of thiol groups is 1. The largest absolute Gasteiger partial charge is 0.481 e. The zero-order chi connectivity index (χ0) is 29.1. The van der Waals surface area contributed by atoms with Gasteiger partial charge in [0.05, 0.1) is 18.4 Å². The van der Waals surface area contributed by atoms with Crippen LogP contribution < -0.4 is 27.7 Å². The maximum atomic E-state index is 12.3. The van der Waals surface area contributed by atoms with Gasteiger partial charge in [-0.3, -0.25) is 24.2 Å². The number of carbonyl (C=O) groups is 4. The molecule has 3 aromatic rings. The van der Waals surface area contributed by atoms with E-state index in [1.807, 2.05) is 0 Å². The van der Waals surface area contributed by atoms with Gasteiger partial charge in [-0.1, -0.05) is 0 Å². The van der Waals surface area contributed by atoms with Crippen LogP contribution in [0.25, 0.3) is 11.2 Å². The minimum absolute atomic E-state index is 0.0524. The summed E-state index contributed by atoms with van der Waals surface area (Å²) < 4.78 is 0. The molecule has 39 heavy (non-hydrogen) atoms. The Balaban J connectivity index is 0.000000673. The Labute approximate surface area is 225 Å². The number of nitrogen functional groups attached to an aromatic ring is 1. The number of carboxylic acid groups (broad SMARTS) is 3. The van der Waals surface area contributed by atoms with Gasteiger partial charge in [0.1, 0.15) is 12.1 Å². The second-order valence-corrected chi connectivity index (χ2v) is 8.20. The van der Waals surface area contributed by atoms with E-state index in [9.17, 15) is 24.0 Å². The lowest BCUT2D eigenvalue weighted by molar-refractivity contribution is -0.141. The second-order valence-electron chi connectivity index (χ2n) is 7.84. The highest BCUT2D eigenvalue weighted by Gasteiger charge is 2.21. The number of rotatable bonds is 11. The first-order valence-corrected chi connectivity index (χ1v) is 11.7. The molecule has 0 bridgehead atoms. The number of carbonyl (C=O) groups excluding carboxylic acids is 1. The Bertz CT molecular complexity index is 1400. The Morgan fingerprint density at radius 3 is 2.26 bits per heavy atom. The average molecular weight is 563 g/mol. The molecule has 2 heterocycles. The number of fused-ring (bicyclic) bond motifs is 1. The molecule has 2 atom stereocenters. The molecule has 17 heteroatoms. The molecule has 0 aliphatic rings. The molecule has 0 radical (unpaired) electrons. The highest BCUT2D eigenvalue weighted by molar-refractivity contribution is 7.80. The van der Waals surface area contributed by atoms with Gasteiger partial charge >= 0.3 is 17.9 Å². The van der Waals surface area contributed by atoms with Crippen LogP contribution in [-0.2, 0) is 20.9 Å². The van der Waals surface area contributed by atoms with Gasteiger partial charge in [0, 0.05) is 23.4 Å². The lowest BCUT2D eigenvalue weighted by Crippen LogP contribution is -2.41. The normalized spacial score (nSPS) is 11.9. The van der Waals surface area contributed by atoms with Crippen molar-refractivity contribution in [2.75, 3.05) is 16.8 Å². The number of aliphatic carboxylic acids is 3. The Morgan fingerprint density at radius 2 is 1.72 bits per heavy atom. The molecule has 0 unspecified atom stereocenters. The molecule has 0 aliphatic carbocycles. The van der Waals surface area contributed by atoms with Crippen LogP contribution in [0.15, 0.2) is 35.3 Å². The molecular formula is C22H26N8O8S. The minimum Gasteiger partial charge on any atom is -0.481 e. The monoisotopic (exact) mass is 562 g/mol. The van der Waals surface area contributed by atoms with E-state index in [2.05, 4.69) is 43.2 Å². The number of hydrogen-bond acceptors (Lipinski definition) is 12. The van der Waals surface area contributed by atoms with Gasteiger partial charge in [-0.05, 0) is 30.7 Å². The van der Waals surface area contributed by atoms with Gasteiger partial charge in [0.2, 0.25) is 5.95 Å². The quantitative estimate of drug-likeness (QED) is 0.130. The summed E-state index contributed by atoms with van der Waals surface area (Å²) in [5.74, 6) is -3.97. The minimum atomic E-state index is -1.31. The Kier molecular flexibility index (Phi) is 11.1. The van der Waals surface area contributed by atoms with Crippen molar-refractivity contribution >= 4 is 59.2 Å². The first-order chi connectivity index (χ1) is 18.4. The summed E-state index contributed by atoms with van der Waals surface area (Å²) in [6.45, 7) is 0.231. The molecule has 16 nitrogen and oxygen atoms in total. The van der Waals surface area contributed by atoms with E-state index in [0.717, 1.165) is 0 Å². The predicted molar refractivity (Wildman–Crippen MR) is 141 cm³/mol. The first kappa shape index (κ1) is 30.5. The zero-order valence-corrected chi connectivity index (χ0v) is 21.1. The van der Waals surface area contributed by atoms with Gasteiger partial charge in [0.15, 0.2) is 11.2 Å². The maximum Gasteiger partial charge on any atom is 0.326 e. The fraction of sp³-hybridized carbons (Fsp3) is 0.273. The van der Waals surface area contributed by atoms with Crippen molar-refractivity contribution in [2.24, 2.45) is 5.73 Å². The smallest absolute Gasteiger partial charge is 0.326 e. The predicted octanol–water partition coefficient (Wildman–Crippen LogP) is -0.717. The van der Waals surface area contributed by atoms with Crippen LogP contribution in [0.5, 0.6) is 0 Å². The molecule has 208 valence electrons. The highest BCUT2D eigenvalue weighted by Crippen LogP contribution is 2.12. The molecule has 0 aliphatic heterocycles. The summed E-state index contributed by atoms with van der Waals surface area (Å²) in [4.78, 5) is 70.3. The van der Waals surface area contributed by atoms with Crippen LogP contribution in [0.3, 0.4) is 0 Å². The van der Waals surface area contributed by atoms with Crippen LogP contribution in [0.4, 0.5) is 11.6 Å². The van der Waals surface area contributed by atoms with E-state index in [-0.39, 0.29) is 47.8 Å². The number of aromatic amines is 1. The van der Waals surface area contributed by atoms with E-state index in [0.29, 0.717) is 11.4 Å². The van der Waals surface area contributed by atoms with Crippen molar-refractivity contribution < 1.29 is 34.5 Å². The summed E-state index contributed by atoms with van der Waals surface area (Å²) in [6, 6.07) is 4.05. The fourth-order valence-corrected chi connectivity index (χ4v) is 2.99. The van der Waals surface area contributed by atoms with E-state index >= 15 is 0 Å². The number of carboxylic acids is 3. The van der Waals surface area contributed by atoms with Gasteiger partial charge in [-0.2, -0.15) is 17.6 Å². The summed E-state index contributed by atoms with van der Waals surface area (Å²) in [6.07, 6.45) is 0.840. The standard InChI is InChI=1S/C19H19N7O6.C3H7NO2S/c20-19-25-15-14(17(30)26-19)23-11(8-22-15)7-21-10-3-1-9(2-4-10)16(29)24-12(18(31)32)5-6-13(27)28;4-2(1-7)3(5)6/h1-4,8,12,21H,5-7H2,(H,24,29)(H,27,28)(H,31,32)(H3,20,22,25,26,30);2,7H,1,4H2,(H,5,6)/t12-;2-/m00/s1. The molecule has 3 rings (SSSR count). The number of hydrogen-bond donors (Lipinski definition) is 9. The molecule has 0 fully saturated rings. The van der Waals surface area contributed by atoms with Crippen LogP contribution in [0.2, 0.25) is 0 Å². The molecule has 10 N–H and O–H groups in total. The SMILES string of the molecule is N[C@@H](CS)C(=O)O.Nc1nc2ncc(CNc3ccc(C(=O)N[C@@H](CCC(=O)O)C(=O)O)cc3)nc2c(=O)[nH]1. The van der Waals surface area contributed by atoms with Gasteiger partial charge in [0.25, 0.3) is 11.5 Å². The number of nitrogens with two attached hydrogens (primary N) is 2. The highest BCUT2D eigenvalue weighted by atomic mass is 32.1. The zero-order valence-electron chi connectivity index (χ0n) is 20.2. The molecule has 1 aromatic carbocycles. The van der Waals surface area contributed by atoms with E-state index < -0.39 is 41.5 Å². The number of anilines is 2. The lowest BCUT2D eigenvalue weighted by Gasteiger charge is -2.14. The number of H-pyrrole nitrogens is 1. The van der Waals surface area contributed by atoms with Crippen LogP contribution in [0.1, 0.15) is 28.9 Å². The third-order valence-corrected chi connectivity index (χ3v) is 5.26. The number of nitrogens with zero attached hydrogens (tertiary/aromatic N) is 3. The van der Waals surface area contributed by atoms with Crippen LogP contribution in [0, 0.1) is 0 Å². The van der Waals surface area contributed by atoms with Crippen molar-refractivity contribution in [3.05, 3.63) is 52.1 Å². The van der Waals surface area contributed by atoms with E-state index in [1.54, 1.807) is 12.1 Å². The maximum absolute atomic E-state index is 12.3. The van der Waals surface area contributed by atoms with Crippen LogP contribution in [-0.4, -0.2) is 76.9 Å². The van der Waals surface area contributed by atoms with Crippen molar-refractivity contribution in [1.29, 1.82) is 0 Å². The number of amides is 1. The molecule has 2 aromatic heterocycles. The summed E-state index contributed by atoms with van der Waals surface area (Å²) in [7, 11) is 0. The molecule has 0 saturated carbocycles. The molecule has 1 amide bonds. The van der Waals surface area contributed by atoms with E-state index in [4.69, 9.17) is 26.8 Å². The third kappa shape index (κ3) is 9.56. The molecule has 0 spiro atoms. The number of benzene rings is 1. The van der Waals surface area contributed by atoms with Crippen molar-refractivity contribution in [1.82, 2.24) is 25.3 Å². The lowest BCUT2D eigenvalue weighted by atomic mass is 10.1. The summed E-state index contributed by atoms with van der Waals surface area (Å²) in [5.41, 5.74) is 11.4. The number of aromatic nitrogens is 4. The molecular weight excluding hydrogens is 536 g/mol. The Morgan fingerprint density at radius 1 is 1.05 bits per heavy atom. The van der Waals surface area contributed by atoms with Crippen LogP contribution >= 0.6 is 12.6 Å². The molecule has 0 saturated heterocycles. The Hall–Kier alpha value is -4.77. The average Bonchev–Trinajstić information content (AvgIpc) is 2.89. The van der Waals surface area contributed by atoms with Gasteiger partial charge in [-0.15, -0.1) is 0 Å². The second kappa shape index (κ2) is 14.2. The number of nitrogens with one attached hydrogen (secondary N) is 3. The van der Waals surface area contributed by atoms with Crippen molar-refractivity contribution in [2.45, 2.75) is 31.5 Å². The summed E-state index contributed by atoms with van der Waals surface area (Å²) >= 11 is 3.65. The van der Waals surface area contributed by atoms with Crippen molar-refractivity contribution in [3.63, 3.8) is 0 Å². The topological polar surface area (TPSA) is 277 Å². The van der Waals surface area contributed by atoms with Crippen molar-refractivity contribution in [3.8, 4) is 0 Å². The van der Waals surface area contributed by atoms with E-state index in [1.165, 1.54) is 18.3 Å². The first-order valence-electron chi connectivity index (χ1n) is 11.1. The fourth-order valence-electron chi connectivity index (χ4n) is 2.83.